The van der Waals surface area contributed by atoms with Gasteiger partial charge < -0.3 is 9.51 Å². The minimum atomic E-state index is -4.39. The van der Waals surface area contributed by atoms with E-state index >= 15 is 0 Å². The smallest absolute Gasteiger partial charge is 0.416 e. The quantitative estimate of drug-likeness (QED) is 0.736. The molecule has 3 aromatic rings. The molecule has 0 bridgehead atoms. The minimum absolute atomic E-state index is 0.0225. The standard InChI is InChI=1S/C14H9F3N2O/c15-14(16,17)10-4-1-3-9(7-10)11-8-19-6-2-5-12(20)13(19)18-11/h1-8,20H. The Balaban J connectivity index is 2.14. The third-order valence-corrected chi connectivity index (χ3v) is 2.95. The van der Waals surface area contributed by atoms with Crippen molar-refractivity contribution in [2.24, 2.45) is 0 Å². The number of aromatic nitrogens is 2. The first kappa shape index (κ1) is 12.5. The Morgan fingerprint density at radius 3 is 2.60 bits per heavy atom. The lowest BCUT2D eigenvalue weighted by Crippen LogP contribution is -2.04. The van der Waals surface area contributed by atoms with E-state index in [2.05, 4.69) is 4.98 Å². The Bertz CT molecular complexity index is 777. The lowest BCUT2D eigenvalue weighted by molar-refractivity contribution is -0.137. The molecule has 0 saturated heterocycles. The van der Waals surface area contributed by atoms with Gasteiger partial charge in [0.25, 0.3) is 0 Å². The van der Waals surface area contributed by atoms with Gasteiger partial charge in [0.15, 0.2) is 11.4 Å². The van der Waals surface area contributed by atoms with Gasteiger partial charge in [-0.25, -0.2) is 4.98 Å². The van der Waals surface area contributed by atoms with E-state index in [1.54, 1.807) is 28.9 Å². The molecule has 0 saturated carbocycles. The van der Waals surface area contributed by atoms with Crippen molar-refractivity contribution in [1.82, 2.24) is 9.38 Å². The van der Waals surface area contributed by atoms with Crippen LogP contribution in [0.5, 0.6) is 5.75 Å². The zero-order valence-corrected chi connectivity index (χ0v) is 10.1. The Morgan fingerprint density at radius 2 is 1.90 bits per heavy atom. The van der Waals surface area contributed by atoms with Crippen LogP contribution in [0.1, 0.15) is 5.56 Å². The van der Waals surface area contributed by atoms with Crippen LogP contribution in [0.25, 0.3) is 16.9 Å². The van der Waals surface area contributed by atoms with Crippen molar-refractivity contribution in [3.8, 4) is 17.0 Å². The van der Waals surface area contributed by atoms with Crippen LogP contribution in [0, 0.1) is 0 Å². The highest BCUT2D eigenvalue weighted by Gasteiger charge is 2.30. The number of benzene rings is 1. The fraction of sp³-hybridized carbons (Fsp3) is 0.0714. The van der Waals surface area contributed by atoms with Gasteiger partial charge in [-0.1, -0.05) is 12.1 Å². The summed E-state index contributed by atoms with van der Waals surface area (Å²) in [5.74, 6) is -0.0225. The zero-order valence-electron chi connectivity index (χ0n) is 10.1. The molecule has 0 atom stereocenters. The molecular weight excluding hydrogens is 269 g/mol. The van der Waals surface area contributed by atoms with Crippen LogP contribution in [0.2, 0.25) is 0 Å². The second-order valence-electron chi connectivity index (χ2n) is 4.33. The van der Waals surface area contributed by atoms with Crippen LogP contribution in [-0.4, -0.2) is 14.5 Å². The van der Waals surface area contributed by atoms with Gasteiger partial charge >= 0.3 is 6.18 Å². The van der Waals surface area contributed by atoms with Crippen molar-refractivity contribution in [3.05, 3.63) is 54.4 Å². The Morgan fingerprint density at radius 1 is 1.10 bits per heavy atom. The lowest BCUT2D eigenvalue weighted by Gasteiger charge is -2.07. The van der Waals surface area contributed by atoms with Crippen LogP contribution in [0.4, 0.5) is 13.2 Å². The van der Waals surface area contributed by atoms with Crippen molar-refractivity contribution in [2.45, 2.75) is 6.18 Å². The number of hydrogen-bond donors (Lipinski definition) is 1. The van der Waals surface area contributed by atoms with Crippen molar-refractivity contribution in [1.29, 1.82) is 0 Å². The van der Waals surface area contributed by atoms with E-state index in [9.17, 15) is 18.3 Å². The molecule has 0 aliphatic heterocycles. The maximum atomic E-state index is 12.7. The first-order chi connectivity index (χ1) is 9.45. The number of hydrogen-bond acceptors (Lipinski definition) is 2. The fourth-order valence-corrected chi connectivity index (χ4v) is 1.99. The van der Waals surface area contributed by atoms with Gasteiger partial charge in [0, 0.05) is 18.0 Å². The molecule has 2 aromatic heterocycles. The Kier molecular flexibility index (Phi) is 2.67. The van der Waals surface area contributed by atoms with Gasteiger partial charge in [0.1, 0.15) is 0 Å². The monoisotopic (exact) mass is 278 g/mol. The van der Waals surface area contributed by atoms with Gasteiger partial charge in [0.05, 0.1) is 11.3 Å². The number of imidazole rings is 1. The van der Waals surface area contributed by atoms with Crippen molar-refractivity contribution in [3.63, 3.8) is 0 Å². The first-order valence-corrected chi connectivity index (χ1v) is 5.79. The number of aromatic hydroxyl groups is 1. The largest absolute Gasteiger partial charge is 0.504 e. The average Bonchev–Trinajstić information content (AvgIpc) is 2.83. The molecule has 0 aliphatic carbocycles. The Hall–Kier alpha value is -2.50. The second kappa shape index (κ2) is 4.26. The van der Waals surface area contributed by atoms with Crippen LogP contribution in [-0.2, 0) is 6.18 Å². The number of pyridine rings is 1. The third-order valence-electron chi connectivity index (χ3n) is 2.95. The molecule has 3 rings (SSSR count). The molecule has 0 spiro atoms. The molecule has 2 heterocycles. The maximum Gasteiger partial charge on any atom is 0.416 e. The number of halogens is 3. The van der Waals surface area contributed by atoms with E-state index in [1.807, 2.05) is 0 Å². The highest BCUT2D eigenvalue weighted by Crippen LogP contribution is 2.32. The number of alkyl halides is 3. The zero-order chi connectivity index (χ0) is 14.3. The molecule has 1 aromatic carbocycles. The maximum absolute atomic E-state index is 12.7. The summed E-state index contributed by atoms with van der Waals surface area (Å²) >= 11 is 0. The molecule has 6 heteroatoms. The molecule has 0 unspecified atom stereocenters. The minimum Gasteiger partial charge on any atom is -0.504 e. The highest BCUT2D eigenvalue weighted by atomic mass is 19.4. The van der Waals surface area contributed by atoms with E-state index in [1.165, 1.54) is 12.1 Å². The molecule has 0 amide bonds. The first-order valence-electron chi connectivity index (χ1n) is 5.79. The van der Waals surface area contributed by atoms with Crippen molar-refractivity contribution >= 4 is 5.65 Å². The normalized spacial score (nSPS) is 11.9. The van der Waals surface area contributed by atoms with Crippen LogP contribution >= 0.6 is 0 Å². The summed E-state index contributed by atoms with van der Waals surface area (Å²) in [6.07, 6.45) is -1.15. The molecule has 1 N–H and O–H groups in total. The van der Waals surface area contributed by atoms with E-state index in [0.717, 1.165) is 12.1 Å². The van der Waals surface area contributed by atoms with Gasteiger partial charge in [-0.15, -0.1) is 0 Å². The van der Waals surface area contributed by atoms with Crippen molar-refractivity contribution < 1.29 is 18.3 Å². The van der Waals surface area contributed by atoms with E-state index in [4.69, 9.17) is 0 Å². The van der Waals surface area contributed by atoms with Gasteiger partial charge in [0.2, 0.25) is 0 Å². The van der Waals surface area contributed by atoms with Gasteiger partial charge in [-0.2, -0.15) is 13.2 Å². The molecule has 0 aliphatic rings. The topological polar surface area (TPSA) is 37.5 Å². The summed E-state index contributed by atoms with van der Waals surface area (Å²) in [6, 6.07) is 8.03. The second-order valence-corrected chi connectivity index (χ2v) is 4.33. The van der Waals surface area contributed by atoms with Gasteiger partial charge in [-0.3, -0.25) is 0 Å². The summed E-state index contributed by atoms with van der Waals surface area (Å²) in [5, 5.41) is 9.65. The Labute approximate surface area is 111 Å². The number of fused-ring (bicyclic) bond motifs is 1. The van der Waals surface area contributed by atoms with Crippen LogP contribution < -0.4 is 0 Å². The van der Waals surface area contributed by atoms with E-state index in [-0.39, 0.29) is 5.75 Å². The molecule has 0 fully saturated rings. The summed E-state index contributed by atoms with van der Waals surface area (Å²) < 4.78 is 39.6. The third kappa shape index (κ3) is 2.09. The summed E-state index contributed by atoms with van der Waals surface area (Å²) in [7, 11) is 0. The van der Waals surface area contributed by atoms with E-state index in [0.29, 0.717) is 16.9 Å². The SMILES string of the molecule is Oc1cccn2cc(-c3cccc(C(F)(F)F)c3)nc12. The van der Waals surface area contributed by atoms with Crippen LogP contribution in [0.3, 0.4) is 0 Å². The highest BCUT2D eigenvalue weighted by molar-refractivity contribution is 5.66. The van der Waals surface area contributed by atoms with Crippen molar-refractivity contribution in [2.75, 3.05) is 0 Å². The summed E-state index contributed by atoms with van der Waals surface area (Å²) in [6.45, 7) is 0. The molecule has 20 heavy (non-hydrogen) atoms. The molecule has 3 nitrogen and oxygen atoms in total. The molecular formula is C14H9F3N2O. The average molecular weight is 278 g/mol. The predicted octanol–water partition coefficient (Wildman–Crippen LogP) is 3.73. The van der Waals surface area contributed by atoms with Gasteiger partial charge in [-0.05, 0) is 24.3 Å². The molecule has 102 valence electrons. The van der Waals surface area contributed by atoms with E-state index < -0.39 is 11.7 Å². The lowest BCUT2D eigenvalue weighted by atomic mass is 10.1. The fourth-order valence-electron chi connectivity index (χ4n) is 1.99. The predicted molar refractivity (Wildman–Crippen MR) is 67.3 cm³/mol. The van der Waals surface area contributed by atoms with Crippen LogP contribution in [0.15, 0.2) is 48.8 Å². The number of nitrogens with zero attached hydrogens (tertiary/aromatic N) is 2. The molecule has 0 radical (unpaired) electrons. The number of rotatable bonds is 1. The summed E-state index contributed by atoms with van der Waals surface area (Å²) in [4.78, 5) is 4.15. The summed E-state index contributed by atoms with van der Waals surface area (Å²) in [5.41, 5.74) is 0.303.